The molecule has 2 aromatic carbocycles. The zero-order valence-electron chi connectivity index (χ0n) is 10.9. The zero-order valence-corrected chi connectivity index (χ0v) is 12.5. The van der Waals surface area contributed by atoms with E-state index in [1.807, 2.05) is 6.07 Å². The number of hydrogen-bond acceptors (Lipinski definition) is 4. The predicted octanol–water partition coefficient (Wildman–Crippen LogP) is 4.33. The van der Waals surface area contributed by atoms with Gasteiger partial charge in [-0.3, -0.25) is 0 Å². The summed E-state index contributed by atoms with van der Waals surface area (Å²) in [6.07, 6.45) is 0. The van der Waals surface area contributed by atoms with E-state index in [-0.39, 0.29) is 10.6 Å². The third-order valence-electron chi connectivity index (χ3n) is 3.13. The molecule has 3 rings (SSSR count). The van der Waals surface area contributed by atoms with Crippen molar-refractivity contribution in [3.8, 4) is 16.3 Å². The number of halogens is 1. The van der Waals surface area contributed by atoms with E-state index >= 15 is 0 Å². The minimum atomic E-state index is -0.993. The highest BCUT2D eigenvalue weighted by atomic mass is 35.5. The zero-order chi connectivity index (χ0) is 15.1. The number of rotatable bonds is 2. The number of aryl methyl sites for hydroxylation is 1. The quantitative estimate of drug-likeness (QED) is 0.737. The Kier molecular flexibility index (Phi) is 3.31. The maximum absolute atomic E-state index is 11.1. The van der Waals surface area contributed by atoms with Crippen molar-refractivity contribution in [2.45, 2.75) is 6.92 Å². The minimum absolute atomic E-state index is 0.0923. The van der Waals surface area contributed by atoms with E-state index < -0.39 is 5.97 Å². The van der Waals surface area contributed by atoms with Crippen molar-refractivity contribution in [2.24, 2.45) is 0 Å². The van der Waals surface area contributed by atoms with Crippen LogP contribution < -0.4 is 0 Å². The number of fused-ring (bicyclic) bond motifs is 1. The van der Waals surface area contributed by atoms with Crippen molar-refractivity contribution in [1.82, 2.24) is 4.98 Å². The molecule has 4 nitrogen and oxygen atoms in total. The fraction of sp³-hybridized carbons (Fsp3) is 0.0667. The highest BCUT2D eigenvalue weighted by Crippen LogP contribution is 2.35. The molecule has 0 aliphatic heterocycles. The summed E-state index contributed by atoms with van der Waals surface area (Å²) in [5.41, 5.74) is 1.15. The lowest BCUT2D eigenvalue weighted by Gasteiger charge is -2.04. The number of phenols is 1. The number of phenolic OH excluding ortho intramolecular Hbond substituents is 1. The van der Waals surface area contributed by atoms with Crippen molar-refractivity contribution < 1.29 is 15.0 Å². The second-order valence-corrected chi connectivity index (χ2v) is 6.04. The maximum Gasteiger partial charge on any atom is 0.347 e. The van der Waals surface area contributed by atoms with Gasteiger partial charge in [0.25, 0.3) is 0 Å². The van der Waals surface area contributed by atoms with Crippen LogP contribution in [0.4, 0.5) is 0 Å². The molecule has 0 atom stereocenters. The Morgan fingerprint density at radius 2 is 2.05 bits per heavy atom. The Balaban J connectivity index is 2.19. The standard InChI is InChI=1S/C15H10ClNO3S/c1-7-13(15(19)20)21-14(17-7)9-4-8-2-3-10(16)6-11(8)12(18)5-9/h2-6,18H,1H3,(H,19,20). The Hall–Kier alpha value is -2.11. The molecule has 0 saturated carbocycles. The summed E-state index contributed by atoms with van der Waals surface area (Å²) in [6.45, 7) is 1.66. The number of carboxylic acids is 1. The van der Waals surface area contributed by atoms with Crippen molar-refractivity contribution in [3.63, 3.8) is 0 Å². The highest BCUT2D eigenvalue weighted by Gasteiger charge is 2.16. The van der Waals surface area contributed by atoms with E-state index in [1.165, 1.54) is 0 Å². The van der Waals surface area contributed by atoms with Gasteiger partial charge in [-0.1, -0.05) is 17.7 Å². The molecule has 0 aliphatic rings. The largest absolute Gasteiger partial charge is 0.507 e. The molecule has 3 aromatic rings. The number of aromatic carboxylic acids is 1. The summed E-state index contributed by atoms with van der Waals surface area (Å²) in [6, 6.07) is 8.66. The number of hydrogen-bond donors (Lipinski definition) is 2. The second kappa shape index (κ2) is 5.02. The number of carboxylic acid groups (broad SMARTS) is 1. The van der Waals surface area contributed by atoms with Crippen molar-refractivity contribution in [2.75, 3.05) is 0 Å². The molecule has 0 fully saturated rings. The summed E-state index contributed by atoms with van der Waals surface area (Å²) in [5.74, 6) is -0.900. The van der Waals surface area contributed by atoms with Crippen molar-refractivity contribution >= 4 is 39.7 Å². The summed E-state index contributed by atoms with van der Waals surface area (Å²) >= 11 is 7.01. The molecule has 1 aromatic heterocycles. The molecule has 1 heterocycles. The molecule has 0 amide bonds. The molecule has 0 radical (unpaired) electrons. The fourth-order valence-electron chi connectivity index (χ4n) is 2.15. The van der Waals surface area contributed by atoms with Crippen molar-refractivity contribution in [1.29, 1.82) is 0 Å². The lowest BCUT2D eigenvalue weighted by atomic mass is 10.1. The first-order chi connectivity index (χ1) is 9.95. The smallest absolute Gasteiger partial charge is 0.347 e. The molecule has 106 valence electrons. The van der Waals surface area contributed by atoms with Crippen LogP contribution in [0, 0.1) is 6.92 Å². The van der Waals surface area contributed by atoms with Gasteiger partial charge in [0.05, 0.1) is 5.69 Å². The van der Waals surface area contributed by atoms with Gasteiger partial charge in [0.15, 0.2) is 0 Å². The summed E-state index contributed by atoms with van der Waals surface area (Å²) in [7, 11) is 0. The third kappa shape index (κ3) is 2.46. The summed E-state index contributed by atoms with van der Waals surface area (Å²) in [5, 5.41) is 21.8. The van der Waals surface area contributed by atoms with Gasteiger partial charge >= 0.3 is 5.97 Å². The molecule has 2 N–H and O–H groups in total. The van der Waals surface area contributed by atoms with E-state index in [2.05, 4.69) is 4.98 Å². The average molecular weight is 320 g/mol. The van der Waals surface area contributed by atoms with Gasteiger partial charge in [0.2, 0.25) is 0 Å². The number of thiazole rings is 1. The van der Waals surface area contributed by atoms with E-state index in [4.69, 9.17) is 16.7 Å². The third-order valence-corrected chi connectivity index (χ3v) is 4.56. The van der Waals surface area contributed by atoms with Gasteiger partial charge in [0.1, 0.15) is 15.6 Å². The monoisotopic (exact) mass is 319 g/mol. The van der Waals surface area contributed by atoms with E-state index in [9.17, 15) is 9.90 Å². The van der Waals surface area contributed by atoms with Crippen LogP contribution in [-0.2, 0) is 0 Å². The molecule has 0 spiro atoms. The van der Waals surface area contributed by atoms with E-state index in [0.717, 1.165) is 16.7 Å². The van der Waals surface area contributed by atoms with Gasteiger partial charge in [-0.25, -0.2) is 9.78 Å². The van der Waals surface area contributed by atoms with Gasteiger partial charge in [-0.15, -0.1) is 11.3 Å². The first-order valence-electron chi connectivity index (χ1n) is 6.09. The molecule has 0 saturated heterocycles. The molecule has 6 heteroatoms. The number of aromatic hydroxyl groups is 1. The van der Waals surface area contributed by atoms with Crippen LogP contribution in [0.5, 0.6) is 5.75 Å². The van der Waals surface area contributed by atoms with E-state index in [0.29, 0.717) is 26.7 Å². The van der Waals surface area contributed by atoms with Crippen LogP contribution in [0.15, 0.2) is 30.3 Å². The number of benzene rings is 2. The Morgan fingerprint density at radius 3 is 2.71 bits per heavy atom. The number of nitrogens with zero attached hydrogens (tertiary/aromatic N) is 1. The molecular formula is C15H10ClNO3S. The normalized spacial score (nSPS) is 11.0. The van der Waals surface area contributed by atoms with Crippen LogP contribution in [-0.4, -0.2) is 21.2 Å². The molecule has 21 heavy (non-hydrogen) atoms. The Bertz CT molecular complexity index is 873. The summed E-state index contributed by atoms with van der Waals surface area (Å²) < 4.78 is 0. The fourth-order valence-corrected chi connectivity index (χ4v) is 3.22. The lowest BCUT2D eigenvalue weighted by molar-refractivity contribution is 0.0701. The topological polar surface area (TPSA) is 70.4 Å². The van der Waals surface area contributed by atoms with Crippen LogP contribution in [0.25, 0.3) is 21.3 Å². The van der Waals surface area contributed by atoms with Gasteiger partial charge in [0, 0.05) is 16.0 Å². The number of carbonyl (C=O) groups is 1. The predicted molar refractivity (Wildman–Crippen MR) is 83.4 cm³/mol. The van der Waals surface area contributed by atoms with Crippen LogP contribution in [0.3, 0.4) is 0 Å². The van der Waals surface area contributed by atoms with Crippen LogP contribution in [0.1, 0.15) is 15.4 Å². The molecule has 0 aliphatic carbocycles. The van der Waals surface area contributed by atoms with Gasteiger partial charge < -0.3 is 10.2 Å². The minimum Gasteiger partial charge on any atom is -0.507 e. The first-order valence-corrected chi connectivity index (χ1v) is 7.28. The maximum atomic E-state index is 11.1. The molecule has 0 bridgehead atoms. The SMILES string of the molecule is Cc1nc(-c2cc(O)c3cc(Cl)ccc3c2)sc1C(=O)O. The van der Waals surface area contributed by atoms with Gasteiger partial charge in [-0.2, -0.15) is 0 Å². The molecule has 0 unspecified atom stereocenters. The van der Waals surface area contributed by atoms with Crippen LogP contribution >= 0.6 is 22.9 Å². The average Bonchev–Trinajstić information content (AvgIpc) is 2.81. The van der Waals surface area contributed by atoms with Crippen molar-refractivity contribution in [3.05, 3.63) is 45.9 Å². The lowest BCUT2D eigenvalue weighted by Crippen LogP contribution is -1.94. The molecular weight excluding hydrogens is 310 g/mol. The van der Waals surface area contributed by atoms with Crippen LogP contribution in [0.2, 0.25) is 5.02 Å². The summed E-state index contributed by atoms with van der Waals surface area (Å²) in [4.78, 5) is 15.6. The first kappa shape index (κ1) is 13.9. The second-order valence-electron chi connectivity index (χ2n) is 4.60. The Morgan fingerprint density at radius 1 is 1.29 bits per heavy atom. The number of aromatic nitrogens is 1. The Labute approximate surface area is 129 Å². The van der Waals surface area contributed by atoms with E-state index in [1.54, 1.807) is 31.2 Å². The van der Waals surface area contributed by atoms with Gasteiger partial charge in [-0.05, 0) is 36.6 Å². The highest BCUT2D eigenvalue weighted by molar-refractivity contribution is 7.17.